The van der Waals surface area contributed by atoms with Crippen LogP contribution in [0.5, 0.6) is 0 Å². The minimum atomic E-state index is -1.91. The fourth-order valence-corrected chi connectivity index (χ4v) is 14.2. The average Bonchev–Trinajstić information content (AvgIpc) is 1.61. The first kappa shape index (κ1) is 120. The number of primary amides is 3. The number of rotatable bonds is 52. The van der Waals surface area contributed by atoms with Gasteiger partial charge in [-0.3, -0.25) is 110 Å². The Kier molecular flexibility index (Phi) is 43.2. The van der Waals surface area contributed by atoms with E-state index >= 15 is 0 Å². The minimum absolute atomic E-state index is 0.0252. The summed E-state index contributed by atoms with van der Waals surface area (Å²) < 4.78 is 0. The summed E-state index contributed by atoms with van der Waals surface area (Å²) in [5, 5.41) is 55.8. The average molecular weight is 1930 g/mol. The summed E-state index contributed by atoms with van der Waals surface area (Å²) in [4.78, 5) is 315. The standard InChI is InChI=1S/C89H153N23O24/c1-29-47(6)54(44-113)96-63(120)50(34-37-57(90)115)95-64(121)51(35-38-58(91)116)97-73(130)83(15,16)109-77(134)87(23,24)107-69(126)61(46(4)5)100-67(124)55-32-30-40-111(55)79(136)89(27,28)110-75(132)85(19,20)102-60(118)43-93-70(127)80(9,10)105-66(123)53(42-45(2)3)99-72(129)82(13,14)104-65(122)52(36-39-59(92)117)98-74(131)84(17,18)108-76(133)86(21,22)103-62(119)48(7)94-71(128)81(11,12)106-68(125)56-33-31-41-112(56)78(135)88(25,26)101-49(8)114/h45-48,50-56,61,113H,29-44H2,1-28H3,(H2,90,115)(H2,91,116)(H2,92,117)(H,93,127)(H,94,128)(H,95,121)(H,96,120)(H,97,130)(H,98,131)(H,99,129)(H,100,124)(H,101,114)(H,102,118)(H,103,119)(H,104,122)(H,105,123)(H,106,125)(H,107,126)(H,108,133)(H,109,134)(H,110,132). The molecule has 768 valence electrons. The van der Waals surface area contributed by atoms with Crippen LogP contribution in [0.3, 0.4) is 0 Å². The van der Waals surface area contributed by atoms with Gasteiger partial charge in [0.1, 0.15) is 104 Å². The summed E-state index contributed by atoms with van der Waals surface area (Å²) in [6.07, 6.45) is -0.674. The first-order chi connectivity index (χ1) is 61.9. The van der Waals surface area contributed by atoms with E-state index in [-0.39, 0.29) is 63.5 Å². The summed E-state index contributed by atoms with van der Waals surface area (Å²) in [5.74, 6) is -20.6. The van der Waals surface area contributed by atoms with Gasteiger partial charge in [0.05, 0.1) is 19.2 Å². The summed E-state index contributed by atoms with van der Waals surface area (Å²) in [5.41, 5.74) is -1.52. The van der Waals surface area contributed by atoms with Crippen molar-refractivity contribution < 1.29 is 115 Å². The van der Waals surface area contributed by atoms with Crippen molar-refractivity contribution in [2.24, 2.45) is 35.0 Å². The normalized spacial score (nSPS) is 16.3. The molecule has 0 bridgehead atoms. The molecule has 136 heavy (non-hydrogen) atoms. The second-order valence-electron chi connectivity index (χ2n) is 41.2. The van der Waals surface area contributed by atoms with E-state index in [4.69, 9.17) is 17.2 Å². The number of hydrogen-bond acceptors (Lipinski definition) is 24. The summed E-state index contributed by atoms with van der Waals surface area (Å²) in [7, 11) is 0. The van der Waals surface area contributed by atoms with E-state index in [1.54, 1.807) is 34.6 Å². The summed E-state index contributed by atoms with van der Waals surface area (Å²) in [6.45, 7) is 38.3. The van der Waals surface area contributed by atoms with E-state index < -0.39 is 284 Å². The van der Waals surface area contributed by atoms with Gasteiger partial charge >= 0.3 is 0 Å². The molecule has 2 heterocycles. The number of nitrogens with one attached hydrogen (secondary N) is 18. The van der Waals surface area contributed by atoms with Crippen LogP contribution in [0.15, 0.2) is 0 Å². The van der Waals surface area contributed by atoms with E-state index in [0.29, 0.717) is 19.3 Å². The van der Waals surface area contributed by atoms with Crippen LogP contribution in [0.25, 0.3) is 0 Å². The largest absolute Gasteiger partial charge is 0.394 e. The first-order valence-electron chi connectivity index (χ1n) is 45.6. The fourth-order valence-electron chi connectivity index (χ4n) is 14.2. The van der Waals surface area contributed by atoms with Gasteiger partial charge in [0.25, 0.3) is 0 Å². The molecule has 2 aliphatic heterocycles. The van der Waals surface area contributed by atoms with E-state index in [1.165, 1.54) is 162 Å². The van der Waals surface area contributed by atoms with Crippen LogP contribution < -0.4 is 113 Å². The fraction of sp³-hybridized carbons (Fsp3) is 0.742. The van der Waals surface area contributed by atoms with Gasteiger partial charge in [-0.25, -0.2) is 0 Å². The van der Waals surface area contributed by atoms with Crippen LogP contribution >= 0.6 is 0 Å². The number of aliphatic hydroxyl groups excluding tert-OH is 1. The number of amides is 23. The number of nitrogens with zero attached hydrogens (tertiary/aromatic N) is 2. The van der Waals surface area contributed by atoms with Crippen molar-refractivity contribution in [1.82, 2.24) is 106 Å². The Hall–Kier alpha value is -12.2. The molecule has 23 amide bonds. The third-order valence-electron chi connectivity index (χ3n) is 23.1. The topological polar surface area (TPSA) is 714 Å². The summed E-state index contributed by atoms with van der Waals surface area (Å²) >= 11 is 0. The highest BCUT2D eigenvalue weighted by Gasteiger charge is 2.50. The van der Waals surface area contributed by atoms with Gasteiger partial charge in [-0.05, 0) is 215 Å². The van der Waals surface area contributed by atoms with Crippen LogP contribution in [0, 0.1) is 17.8 Å². The maximum Gasteiger partial charge on any atom is 0.248 e. The number of carbonyl (C=O) groups excluding carboxylic acids is 23. The maximum absolute atomic E-state index is 14.5. The quantitative estimate of drug-likeness (QED) is 0.0271. The molecule has 10 unspecified atom stereocenters. The Morgan fingerprint density at radius 2 is 0.684 bits per heavy atom. The number of hydrogen-bond donors (Lipinski definition) is 22. The molecular weight excluding hydrogens is 1780 g/mol. The van der Waals surface area contributed by atoms with E-state index in [0.717, 1.165) is 0 Å². The molecule has 2 saturated heterocycles. The molecule has 47 nitrogen and oxygen atoms in total. The van der Waals surface area contributed by atoms with Crippen molar-refractivity contribution >= 4 is 136 Å². The molecule has 0 radical (unpaired) electrons. The third kappa shape index (κ3) is 36.1. The zero-order valence-corrected chi connectivity index (χ0v) is 84.2. The molecule has 2 rings (SSSR count). The van der Waals surface area contributed by atoms with Crippen LogP contribution in [0.1, 0.15) is 271 Å². The maximum atomic E-state index is 14.5. The highest BCUT2D eigenvalue weighted by molar-refractivity contribution is 6.05. The molecule has 0 spiro atoms. The van der Waals surface area contributed by atoms with Crippen LogP contribution in [0.4, 0.5) is 0 Å². The van der Waals surface area contributed by atoms with Crippen molar-refractivity contribution in [2.75, 3.05) is 26.2 Å². The van der Waals surface area contributed by atoms with Crippen molar-refractivity contribution in [1.29, 1.82) is 0 Å². The van der Waals surface area contributed by atoms with Gasteiger partial charge in [-0.1, -0.05) is 48.0 Å². The molecular formula is C89H153N23O24. The number of carbonyl (C=O) groups is 23. The monoisotopic (exact) mass is 1930 g/mol. The molecule has 0 saturated carbocycles. The van der Waals surface area contributed by atoms with Gasteiger partial charge in [0.15, 0.2) is 0 Å². The molecule has 25 N–H and O–H groups in total. The van der Waals surface area contributed by atoms with Crippen LogP contribution in [-0.4, -0.2) is 287 Å². The molecule has 0 aromatic heterocycles. The van der Waals surface area contributed by atoms with E-state index in [1.807, 2.05) is 6.92 Å². The van der Waals surface area contributed by atoms with Crippen LogP contribution in [-0.2, 0) is 110 Å². The zero-order chi connectivity index (χ0) is 105. The zero-order valence-electron chi connectivity index (χ0n) is 84.2. The Bertz CT molecular complexity index is 4480. The third-order valence-corrected chi connectivity index (χ3v) is 23.1. The SMILES string of the molecule is CCC(C)C(CO)NC(=O)C(CCC(N)=O)NC(=O)C(CCC(N)=O)NC(=O)C(C)(C)NC(=O)C(C)(C)NC(=O)C(NC(=O)C1CCCN1C(=O)C(C)(C)NC(=O)C(C)(C)NC(=O)CNC(=O)C(C)(C)NC(=O)C(CC(C)C)NC(=O)C(C)(C)NC(=O)C(CCC(N)=O)NC(=O)C(C)(C)NC(=O)C(C)(C)NC(=O)C(C)NC(=O)C(C)(C)NC(=O)C1CCCN1C(=O)C(C)(C)NC(C)=O)C(C)C. The van der Waals surface area contributed by atoms with Gasteiger partial charge in [-0.15, -0.1) is 0 Å². The Labute approximate surface area is 795 Å². The second-order valence-corrected chi connectivity index (χ2v) is 41.2. The lowest BCUT2D eigenvalue weighted by Crippen LogP contribution is -2.67. The Balaban J connectivity index is 2.16. The Morgan fingerprint density at radius 3 is 1.09 bits per heavy atom. The highest BCUT2D eigenvalue weighted by Crippen LogP contribution is 2.27. The van der Waals surface area contributed by atoms with Gasteiger partial charge in [0.2, 0.25) is 136 Å². The molecule has 0 aromatic carbocycles. The van der Waals surface area contributed by atoms with E-state index in [9.17, 15) is 115 Å². The van der Waals surface area contributed by atoms with Gasteiger partial charge in [-0.2, -0.15) is 0 Å². The highest BCUT2D eigenvalue weighted by atomic mass is 16.3. The molecule has 0 aromatic rings. The number of aliphatic hydroxyl groups is 1. The van der Waals surface area contributed by atoms with Crippen molar-refractivity contribution in [2.45, 2.75) is 381 Å². The Morgan fingerprint density at radius 1 is 0.353 bits per heavy atom. The lowest BCUT2D eigenvalue weighted by Gasteiger charge is -2.36. The summed E-state index contributed by atoms with van der Waals surface area (Å²) in [6, 6.07) is -11.5. The predicted octanol–water partition coefficient (Wildman–Crippen LogP) is -5.00. The van der Waals surface area contributed by atoms with Crippen LogP contribution in [0.2, 0.25) is 0 Å². The van der Waals surface area contributed by atoms with Crippen molar-refractivity contribution in [3.05, 3.63) is 0 Å². The molecule has 0 aliphatic carbocycles. The smallest absolute Gasteiger partial charge is 0.248 e. The minimum Gasteiger partial charge on any atom is -0.394 e. The van der Waals surface area contributed by atoms with Crippen molar-refractivity contribution in [3.8, 4) is 0 Å². The van der Waals surface area contributed by atoms with Gasteiger partial charge in [0, 0.05) is 39.3 Å². The molecule has 10 atom stereocenters. The predicted molar refractivity (Wildman–Crippen MR) is 496 cm³/mol. The first-order valence-corrected chi connectivity index (χ1v) is 45.6. The van der Waals surface area contributed by atoms with Crippen molar-refractivity contribution in [3.63, 3.8) is 0 Å². The van der Waals surface area contributed by atoms with Gasteiger partial charge < -0.3 is 128 Å². The second kappa shape index (κ2) is 49.0. The molecule has 47 heteroatoms. The molecule has 2 aliphatic rings. The van der Waals surface area contributed by atoms with E-state index in [2.05, 4.69) is 95.7 Å². The molecule has 2 fully saturated rings. The lowest BCUT2D eigenvalue weighted by atomic mass is 9.96. The number of nitrogens with two attached hydrogens (primary N) is 3. The lowest BCUT2D eigenvalue weighted by molar-refractivity contribution is -0.146. The number of likely N-dealkylation sites (tertiary alicyclic amines) is 2.